The third-order valence-corrected chi connectivity index (χ3v) is 5.15. The third kappa shape index (κ3) is 15.1. The molecule has 0 unspecified atom stereocenters. The van der Waals surface area contributed by atoms with Crippen LogP contribution in [0.5, 0.6) is 11.5 Å². The van der Waals surface area contributed by atoms with Gasteiger partial charge in [0, 0.05) is 0 Å². The van der Waals surface area contributed by atoms with Crippen molar-refractivity contribution in [2.45, 2.75) is 117 Å². The number of rotatable bonds is 12. The van der Waals surface area contributed by atoms with Crippen molar-refractivity contribution >= 4 is 24.4 Å². The van der Waals surface area contributed by atoms with Gasteiger partial charge in [-0.25, -0.2) is 14.4 Å². The second-order valence-corrected chi connectivity index (χ2v) is 11.5. The topological polar surface area (TPSA) is 159 Å². The molecule has 0 heterocycles. The van der Waals surface area contributed by atoms with Gasteiger partial charge in [0.25, 0.3) is 0 Å². The minimum absolute atomic E-state index is 0.0162. The van der Waals surface area contributed by atoms with Crippen molar-refractivity contribution in [3.63, 3.8) is 0 Å². The Balaban J connectivity index is 2.90. The smallest absolute Gasteiger partial charge is 0.458 e. The highest BCUT2D eigenvalue weighted by Crippen LogP contribution is 2.31. The summed E-state index contributed by atoms with van der Waals surface area (Å²) in [5.41, 5.74) is 4.89. The van der Waals surface area contributed by atoms with Crippen molar-refractivity contribution in [2.24, 2.45) is 5.73 Å². The zero-order valence-corrected chi connectivity index (χ0v) is 25.6. The van der Waals surface area contributed by atoms with Crippen LogP contribution in [0.4, 0.5) is 14.4 Å². The first kappa shape index (κ1) is 35.5. The second kappa shape index (κ2) is 16.0. The molecule has 0 amide bonds. The minimum atomic E-state index is -1.11. The maximum Gasteiger partial charge on any atom is 0.514 e. The molecule has 1 rings (SSSR count). The zero-order chi connectivity index (χ0) is 31.4. The van der Waals surface area contributed by atoms with Gasteiger partial charge in [0.15, 0.2) is 11.5 Å². The van der Waals surface area contributed by atoms with Crippen molar-refractivity contribution in [1.82, 2.24) is 0 Å². The molecular weight excluding hydrogens is 538 g/mol. The van der Waals surface area contributed by atoms with Gasteiger partial charge in [-0.05, 0) is 85.9 Å². The standard InChI is InChI=1S/C29H45NO11/c1-10-11-12-15-35-25(32)37-19(3)18(2)36-24(31)21(30)16-20-13-14-22(38-26(33)40-28(4,5)6)23(17-20)39-27(34)41-29(7,8)9/h13-14,17-19,21H,10-12,15-16,30H2,1-9H3/t18-,19-,21-/m0/s1. The normalized spacial score (nSPS) is 13.7. The number of benzene rings is 1. The first-order valence-electron chi connectivity index (χ1n) is 13.6. The Hall–Kier alpha value is -3.54. The third-order valence-electron chi connectivity index (χ3n) is 5.15. The number of carbonyl (C=O) groups is 4. The molecule has 0 radical (unpaired) electrons. The van der Waals surface area contributed by atoms with Crippen LogP contribution in [-0.2, 0) is 34.9 Å². The van der Waals surface area contributed by atoms with Crippen LogP contribution in [-0.4, -0.2) is 60.5 Å². The number of carbonyl (C=O) groups excluding carboxylic acids is 4. The Morgan fingerprint density at radius 2 is 1.32 bits per heavy atom. The molecule has 0 fully saturated rings. The van der Waals surface area contributed by atoms with Gasteiger partial charge in [-0.3, -0.25) is 4.79 Å². The molecule has 12 heteroatoms. The fourth-order valence-corrected chi connectivity index (χ4v) is 3.06. The van der Waals surface area contributed by atoms with E-state index in [-0.39, 0.29) is 24.5 Å². The summed E-state index contributed by atoms with van der Waals surface area (Å²) in [7, 11) is 0. The Kier molecular flexibility index (Phi) is 13.9. The molecule has 0 saturated heterocycles. The molecule has 0 aromatic heterocycles. The summed E-state index contributed by atoms with van der Waals surface area (Å²) in [6, 6.07) is 3.19. The summed E-state index contributed by atoms with van der Waals surface area (Å²) in [6.07, 6.45) is -1.81. The summed E-state index contributed by atoms with van der Waals surface area (Å²) in [5, 5.41) is 0. The summed E-state index contributed by atoms with van der Waals surface area (Å²) in [5.74, 6) is -0.991. The van der Waals surface area contributed by atoms with Crippen molar-refractivity contribution in [1.29, 1.82) is 0 Å². The van der Waals surface area contributed by atoms with E-state index in [2.05, 4.69) is 0 Å². The van der Waals surface area contributed by atoms with Gasteiger partial charge in [-0.2, -0.15) is 0 Å². The van der Waals surface area contributed by atoms with Crippen molar-refractivity contribution in [3.05, 3.63) is 23.8 Å². The predicted octanol–water partition coefficient (Wildman–Crippen LogP) is 5.85. The van der Waals surface area contributed by atoms with Crippen LogP contribution in [0.2, 0.25) is 0 Å². The molecule has 1 aromatic carbocycles. The van der Waals surface area contributed by atoms with E-state index >= 15 is 0 Å². The molecule has 12 nitrogen and oxygen atoms in total. The van der Waals surface area contributed by atoms with Crippen molar-refractivity contribution < 1.29 is 52.3 Å². The summed E-state index contributed by atoms with van der Waals surface area (Å²) >= 11 is 0. The van der Waals surface area contributed by atoms with Gasteiger partial charge in [0.05, 0.1) is 6.61 Å². The number of unbranched alkanes of at least 4 members (excludes halogenated alkanes) is 2. The van der Waals surface area contributed by atoms with Gasteiger partial charge >= 0.3 is 24.4 Å². The monoisotopic (exact) mass is 583 g/mol. The van der Waals surface area contributed by atoms with Crippen LogP contribution >= 0.6 is 0 Å². The molecule has 0 bridgehead atoms. The molecular formula is C29H45NO11. The Morgan fingerprint density at radius 3 is 1.85 bits per heavy atom. The van der Waals surface area contributed by atoms with Gasteiger partial charge in [0.2, 0.25) is 0 Å². The van der Waals surface area contributed by atoms with Crippen LogP contribution < -0.4 is 15.2 Å². The molecule has 2 N–H and O–H groups in total. The summed E-state index contributed by atoms with van der Waals surface area (Å²) in [4.78, 5) is 49.0. The Morgan fingerprint density at radius 1 is 0.780 bits per heavy atom. The lowest BCUT2D eigenvalue weighted by Crippen LogP contribution is -2.39. The fraction of sp³-hybridized carbons (Fsp3) is 0.655. The summed E-state index contributed by atoms with van der Waals surface area (Å²) in [6.45, 7) is 15.4. The molecule has 0 aliphatic rings. The van der Waals surface area contributed by atoms with Crippen molar-refractivity contribution in [3.8, 4) is 11.5 Å². The average molecular weight is 584 g/mol. The number of nitrogens with two attached hydrogens (primary N) is 1. The molecule has 3 atom stereocenters. The predicted molar refractivity (Wildman–Crippen MR) is 149 cm³/mol. The highest BCUT2D eigenvalue weighted by atomic mass is 16.8. The van der Waals surface area contributed by atoms with Gasteiger partial charge in [-0.1, -0.05) is 25.8 Å². The number of esters is 1. The largest absolute Gasteiger partial charge is 0.514 e. The number of hydrogen-bond acceptors (Lipinski definition) is 12. The fourth-order valence-electron chi connectivity index (χ4n) is 3.06. The maximum absolute atomic E-state index is 12.6. The molecule has 0 aliphatic heterocycles. The molecule has 0 spiro atoms. The minimum Gasteiger partial charge on any atom is -0.458 e. The van der Waals surface area contributed by atoms with Gasteiger partial charge in [-0.15, -0.1) is 0 Å². The van der Waals surface area contributed by atoms with Crippen LogP contribution in [0.25, 0.3) is 0 Å². The van der Waals surface area contributed by atoms with Crippen molar-refractivity contribution in [2.75, 3.05) is 6.61 Å². The molecule has 0 saturated carbocycles. The van der Waals surface area contributed by atoms with E-state index in [1.807, 2.05) is 6.92 Å². The van der Waals surface area contributed by atoms with E-state index in [9.17, 15) is 19.2 Å². The lowest BCUT2D eigenvalue weighted by molar-refractivity contribution is -0.155. The molecule has 1 aromatic rings. The molecule has 0 aliphatic carbocycles. The van der Waals surface area contributed by atoms with Crippen LogP contribution in [0.3, 0.4) is 0 Å². The van der Waals surface area contributed by atoms with E-state index in [1.54, 1.807) is 61.5 Å². The lowest BCUT2D eigenvalue weighted by atomic mass is 10.1. The first-order valence-corrected chi connectivity index (χ1v) is 13.6. The zero-order valence-electron chi connectivity index (χ0n) is 25.6. The number of hydrogen-bond donors (Lipinski definition) is 1. The second-order valence-electron chi connectivity index (χ2n) is 11.5. The van der Waals surface area contributed by atoms with Crippen LogP contribution in [0.1, 0.15) is 87.1 Å². The van der Waals surface area contributed by atoms with E-state index in [4.69, 9.17) is 38.9 Å². The van der Waals surface area contributed by atoms with Gasteiger partial charge < -0.3 is 38.9 Å². The Labute approximate surface area is 242 Å². The van der Waals surface area contributed by atoms with E-state index in [0.717, 1.165) is 19.3 Å². The number of ether oxygens (including phenoxy) is 7. The Bertz CT molecular complexity index is 1030. The maximum atomic E-state index is 12.6. The molecule has 41 heavy (non-hydrogen) atoms. The molecule has 232 valence electrons. The lowest BCUT2D eigenvalue weighted by Gasteiger charge is -2.22. The van der Waals surface area contributed by atoms with E-state index < -0.39 is 53.9 Å². The first-order chi connectivity index (χ1) is 18.9. The quantitative estimate of drug-likeness (QED) is 0.136. The van der Waals surface area contributed by atoms with Crippen LogP contribution in [0, 0.1) is 0 Å². The van der Waals surface area contributed by atoms with Gasteiger partial charge in [0.1, 0.15) is 29.5 Å². The summed E-state index contributed by atoms with van der Waals surface area (Å²) < 4.78 is 36.4. The SMILES string of the molecule is CCCCCOC(=O)O[C@@H](C)[C@H](C)OC(=O)[C@@H](N)Cc1ccc(OC(=O)OC(C)(C)C)c(OC(=O)OC(C)(C)C)c1. The highest BCUT2D eigenvalue weighted by molar-refractivity contribution is 5.76. The van der Waals surface area contributed by atoms with E-state index in [0.29, 0.717) is 5.56 Å². The average Bonchev–Trinajstić information content (AvgIpc) is 2.80. The highest BCUT2D eigenvalue weighted by Gasteiger charge is 2.27. The van der Waals surface area contributed by atoms with Crippen LogP contribution in [0.15, 0.2) is 18.2 Å². The van der Waals surface area contributed by atoms with E-state index in [1.165, 1.54) is 12.1 Å².